The third-order valence-corrected chi connectivity index (χ3v) is 1.86. The van der Waals surface area contributed by atoms with Gasteiger partial charge in [0.2, 0.25) is 0 Å². The van der Waals surface area contributed by atoms with Crippen molar-refractivity contribution in [2.45, 2.75) is 6.92 Å². The second kappa shape index (κ2) is 4.09. The summed E-state index contributed by atoms with van der Waals surface area (Å²) < 4.78 is 22.6. The van der Waals surface area contributed by atoms with Crippen LogP contribution in [0.3, 0.4) is 0 Å². The molecule has 0 bridgehead atoms. The Morgan fingerprint density at radius 2 is 2.00 bits per heavy atom. The van der Waals surface area contributed by atoms with Gasteiger partial charge in [0, 0.05) is 0 Å². The Bertz CT molecular complexity index is 361. The maximum Gasteiger partial charge on any atom is 0.337 e. The molecule has 0 heterocycles. The third-order valence-electron chi connectivity index (χ3n) is 1.86. The topological polar surface area (TPSA) is 35.5 Å². The lowest BCUT2D eigenvalue weighted by atomic mass is 10.1. The van der Waals surface area contributed by atoms with Crippen molar-refractivity contribution in [3.05, 3.63) is 29.1 Å². The molecule has 0 aliphatic carbocycles. The molecule has 0 saturated heterocycles. The van der Waals surface area contributed by atoms with Crippen LogP contribution < -0.4 is 4.74 Å². The van der Waals surface area contributed by atoms with E-state index >= 15 is 0 Å². The summed E-state index contributed by atoms with van der Waals surface area (Å²) >= 11 is 0. The van der Waals surface area contributed by atoms with Gasteiger partial charge < -0.3 is 9.47 Å². The molecule has 0 atom stereocenters. The summed E-state index contributed by atoms with van der Waals surface area (Å²) in [7, 11) is 2.62. The first-order valence-electron chi connectivity index (χ1n) is 4.02. The molecule has 4 heteroatoms. The molecule has 0 saturated carbocycles. The highest BCUT2D eigenvalue weighted by atomic mass is 19.1. The molecule has 0 fully saturated rings. The fourth-order valence-electron chi connectivity index (χ4n) is 1.12. The van der Waals surface area contributed by atoms with Crippen LogP contribution >= 0.6 is 0 Å². The van der Waals surface area contributed by atoms with Gasteiger partial charge in [-0.1, -0.05) is 0 Å². The SMILES string of the molecule is COC(=O)c1cc(C)c(F)c(OC)c1. The number of carbonyl (C=O) groups is 1. The van der Waals surface area contributed by atoms with Crippen LogP contribution in [0.2, 0.25) is 0 Å². The Hall–Kier alpha value is -1.58. The highest BCUT2D eigenvalue weighted by Crippen LogP contribution is 2.22. The number of hydrogen-bond donors (Lipinski definition) is 0. The number of aryl methyl sites for hydroxylation is 1. The van der Waals surface area contributed by atoms with E-state index in [1.807, 2.05) is 0 Å². The summed E-state index contributed by atoms with van der Waals surface area (Å²) in [6, 6.07) is 2.73. The number of hydrogen-bond acceptors (Lipinski definition) is 3. The van der Waals surface area contributed by atoms with Gasteiger partial charge in [-0.3, -0.25) is 0 Å². The Labute approximate surface area is 81.4 Å². The van der Waals surface area contributed by atoms with Gasteiger partial charge >= 0.3 is 5.97 Å². The fourth-order valence-corrected chi connectivity index (χ4v) is 1.12. The summed E-state index contributed by atoms with van der Waals surface area (Å²) in [6.45, 7) is 1.56. The molecule has 1 aromatic carbocycles. The van der Waals surface area contributed by atoms with Crippen LogP contribution in [0.5, 0.6) is 5.75 Å². The fraction of sp³-hybridized carbons (Fsp3) is 0.300. The number of carbonyl (C=O) groups excluding carboxylic acids is 1. The summed E-state index contributed by atoms with van der Waals surface area (Å²) in [5.74, 6) is -0.919. The first-order valence-corrected chi connectivity index (χ1v) is 4.02. The largest absolute Gasteiger partial charge is 0.494 e. The smallest absolute Gasteiger partial charge is 0.337 e. The van der Waals surface area contributed by atoms with Crippen molar-refractivity contribution >= 4 is 5.97 Å². The number of methoxy groups -OCH3 is 2. The molecule has 76 valence electrons. The average molecular weight is 198 g/mol. The highest BCUT2D eigenvalue weighted by Gasteiger charge is 2.12. The number of rotatable bonds is 2. The average Bonchev–Trinajstić information content (AvgIpc) is 2.20. The summed E-state index contributed by atoms with van der Waals surface area (Å²) in [5, 5.41) is 0. The minimum absolute atomic E-state index is 0.0467. The van der Waals surface area contributed by atoms with Gasteiger partial charge in [-0.25, -0.2) is 9.18 Å². The molecule has 0 N–H and O–H groups in total. The van der Waals surface area contributed by atoms with Crippen LogP contribution in [0.1, 0.15) is 15.9 Å². The van der Waals surface area contributed by atoms with Crippen molar-refractivity contribution in [2.24, 2.45) is 0 Å². The van der Waals surface area contributed by atoms with Gasteiger partial charge in [0.25, 0.3) is 0 Å². The van der Waals surface area contributed by atoms with Crippen molar-refractivity contribution in [1.29, 1.82) is 0 Å². The zero-order chi connectivity index (χ0) is 10.7. The van der Waals surface area contributed by atoms with Crippen molar-refractivity contribution in [2.75, 3.05) is 14.2 Å². The molecule has 0 spiro atoms. The van der Waals surface area contributed by atoms with E-state index in [2.05, 4.69) is 4.74 Å². The predicted octanol–water partition coefficient (Wildman–Crippen LogP) is 1.93. The zero-order valence-electron chi connectivity index (χ0n) is 8.26. The molecule has 0 aromatic heterocycles. The molecular formula is C10H11FO3. The molecule has 0 aliphatic rings. The first-order chi connectivity index (χ1) is 6.60. The van der Waals surface area contributed by atoms with E-state index < -0.39 is 11.8 Å². The van der Waals surface area contributed by atoms with Crippen molar-refractivity contribution < 1.29 is 18.7 Å². The second-order valence-electron chi connectivity index (χ2n) is 2.80. The van der Waals surface area contributed by atoms with E-state index in [0.717, 1.165) is 0 Å². The van der Waals surface area contributed by atoms with Crippen LogP contribution in [0, 0.1) is 12.7 Å². The van der Waals surface area contributed by atoms with E-state index in [1.54, 1.807) is 6.92 Å². The monoisotopic (exact) mass is 198 g/mol. The van der Waals surface area contributed by atoms with Gasteiger partial charge in [0.05, 0.1) is 19.8 Å². The lowest BCUT2D eigenvalue weighted by Gasteiger charge is -2.06. The van der Waals surface area contributed by atoms with E-state index in [4.69, 9.17) is 4.74 Å². The van der Waals surface area contributed by atoms with Gasteiger partial charge in [-0.05, 0) is 24.6 Å². The molecule has 1 rings (SSSR count). The summed E-state index contributed by atoms with van der Waals surface area (Å²) in [6.07, 6.45) is 0. The van der Waals surface area contributed by atoms with Gasteiger partial charge in [-0.2, -0.15) is 0 Å². The van der Waals surface area contributed by atoms with Crippen LogP contribution in [-0.2, 0) is 4.74 Å². The standard InChI is InChI=1S/C10H11FO3/c1-6-4-7(10(12)14-3)5-8(13-2)9(6)11/h4-5H,1-3H3. The molecule has 0 aliphatic heterocycles. The van der Waals surface area contributed by atoms with E-state index in [9.17, 15) is 9.18 Å². The summed E-state index contributed by atoms with van der Waals surface area (Å²) in [5.41, 5.74) is 0.632. The minimum atomic E-state index is -0.508. The van der Waals surface area contributed by atoms with Crippen molar-refractivity contribution in [3.8, 4) is 5.75 Å². The maximum absolute atomic E-state index is 13.3. The van der Waals surface area contributed by atoms with Crippen molar-refractivity contribution in [1.82, 2.24) is 0 Å². The zero-order valence-corrected chi connectivity index (χ0v) is 8.26. The number of esters is 1. The molecular weight excluding hydrogens is 187 g/mol. The Balaban J connectivity index is 3.22. The van der Waals surface area contributed by atoms with E-state index in [0.29, 0.717) is 5.56 Å². The first kappa shape index (κ1) is 10.5. The van der Waals surface area contributed by atoms with Crippen LogP contribution in [0.4, 0.5) is 4.39 Å². The Morgan fingerprint density at radius 1 is 1.36 bits per heavy atom. The summed E-state index contributed by atoms with van der Waals surface area (Å²) in [4.78, 5) is 11.1. The Kier molecular flexibility index (Phi) is 3.06. The molecule has 0 radical (unpaired) electrons. The molecule has 1 aromatic rings. The molecule has 14 heavy (non-hydrogen) atoms. The quantitative estimate of drug-likeness (QED) is 0.681. The number of halogens is 1. The van der Waals surface area contributed by atoms with Gasteiger partial charge in [0.15, 0.2) is 11.6 Å². The molecule has 0 unspecified atom stereocenters. The van der Waals surface area contributed by atoms with Crippen molar-refractivity contribution in [3.63, 3.8) is 0 Å². The lowest BCUT2D eigenvalue weighted by Crippen LogP contribution is -2.03. The van der Waals surface area contributed by atoms with Crippen LogP contribution in [0.25, 0.3) is 0 Å². The van der Waals surface area contributed by atoms with Gasteiger partial charge in [0.1, 0.15) is 0 Å². The number of benzene rings is 1. The van der Waals surface area contributed by atoms with Crippen LogP contribution in [-0.4, -0.2) is 20.2 Å². The highest BCUT2D eigenvalue weighted by molar-refractivity contribution is 5.90. The lowest BCUT2D eigenvalue weighted by molar-refractivity contribution is 0.0600. The van der Waals surface area contributed by atoms with Gasteiger partial charge in [-0.15, -0.1) is 0 Å². The minimum Gasteiger partial charge on any atom is -0.494 e. The van der Waals surface area contributed by atoms with E-state index in [1.165, 1.54) is 26.4 Å². The maximum atomic E-state index is 13.3. The molecule has 3 nitrogen and oxygen atoms in total. The molecule has 0 amide bonds. The predicted molar refractivity (Wildman–Crippen MR) is 49.0 cm³/mol. The second-order valence-corrected chi connectivity index (χ2v) is 2.80. The Morgan fingerprint density at radius 3 is 2.50 bits per heavy atom. The normalized spacial score (nSPS) is 9.71. The van der Waals surface area contributed by atoms with E-state index in [-0.39, 0.29) is 11.3 Å². The number of ether oxygens (including phenoxy) is 2. The third kappa shape index (κ3) is 1.84. The van der Waals surface area contributed by atoms with Crippen LogP contribution in [0.15, 0.2) is 12.1 Å².